The largest absolute Gasteiger partial charge is 4.00 e. The van der Waals surface area contributed by atoms with E-state index in [4.69, 9.17) is 5.73 Å². The van der Waals surface area contributed by atoms with Gasteiger partial charge < -0.3 is 35.3 Å². The number of nitrogens with one attached hydrogen (secondary N) is 1. The van der Waals surface area contributed by atoms with Crippen molar-refractivity contribution in [2.75, 3.05) is 0 Å². The van der Waals surface area contributed by atoms with Gasteiger partial charge in [-0.3, -0.25) is 6.08 Å². The molecule has 1 amide bonds. The van der Waals surface area contributed by atoms with Gasteiger partial charge in [0.15, 0.2) is 0 Å². The Bertz CT molecular complexity index is 261. The summed E-state index contributed by atoms with van der Waals surface area (Å²) in [4.78, 5) is 10.1. The monoisotopic (exact) mass is 356 g/mol. The Kier molecular flexibility index (Phi) is 30.8. The molecule has 1 aliphatic rings. The average Bonchev–Trinajstić information content (AvgIpc) is 2.56. The molecule has 0 saturated carbocycles. The number of allylic oxidation sites excluding steroid dienone is 4. The van der Waals surface area contributed by atoms with Gasteiger partial charge in [0.2, 0.25) is 0 Å². The molecule has 1 radical (unpaired) electrons. The quantitative estimate of drug-likeness (QED) is 0.360. The third kappa shape index (κ3) is 27.6. The molecule has 1 rings (SSSR count). The van der Waals surface area contributed by atoms with E-state index in [0.717, 1.165) is 15.9 Å². The molecular weight excluding hydrogens is 333 g/mol. The molecular formula is C13H24Cl2NOSiTi. The topological polar surface area (TPSA) is 40.9 Å². The van der Waals surface area contributed by atoms with Gasteiger partial charge >= 0.3 is 21.7 Å². The van der Waals surface area contributed by atoms with Crippen molar-refractivity contribution in [3.8, 4) is 0 Å². The maximum absolute atomic E-state index is 10.1. The molecule has 0 bridgehead atoms. The molecule has 0 spiro atoms. The van der Waals surface area contributed by atoms with Gasteiger partial charge in [-0.05, 0) is 0 Å². The first kappa shape index (κ1) is 31.7. The summed E-state index contributed by atoms with van der Waals surface area (Å²) in [5.74, 6) is -0.507. The Morgan fingerprint density at radius 3 is 1.68 bits per heavy atom. The minimum absolute atomic E-state index is 0. The summed E-state index contributed by atoms with van der Waals surface area (Å²) in [6.45, 7) is 11.7. The number of carbonyl (C=O) groups excluding carboxylic acids is 1. The molecule has 1 aliphatic carbocycles. The molecule has 0 aromatic heterocycles. The van der Waals surface area contributed by atoms with Crippen LogP contribution in [0.2, 0.25) is 13.1 Å². The molecule has 0 saturated heterocycles. The van der Waals surface area contributed by atoms with Crippen LogP contribution in [0.25, 0.3) is 5.73 Å². The molecule has 0 atom stereocenters. The Morgan fingerprint density at radius 2 is 1.63 bits per heavy atom. The fraction of sp³-hybridized carbons (Fsp3) is 0.615. The summed E-state index contributed by atoms with van der Waals surface area (Å²) in [6.07, 6.45) is 8.24. The van der Waals surface area contributed by atoms with Gasteiger partial charge in [-0.2, -0.15) is 6.08 Å². The maximum atomic E-state index is 10.1. The molecule has 0 aliphatic heterocycles. The van der Waals surface area contributed by atoms with Crippen molar-refractivity contribution >= 4 is 15.4 Å². The van der Waals surface area contributed by atoms with Crippen molar-refractivity contribution in [2.24, 2.45) is 5.41 Å². The SMILES string of the molecule is CC(C)(C)C([NH-])=O.CC1=CC[C-]=C1.C[SiH]C.[Cl-].[Cl-].[Ti+4]. The Balaban J connectivity index is -0.0000000507. The van der Waals surface area contributed by atoms with Gasteiger partial charge in [-0.15, -0.1) is 13.3 Å². The number of hydrogen-bond acceptors (Lipinski definition) is 1. The zero-order chi connectivity index (χ0) is 13.2. The Hall–Kier alpha value is 0.461. The molecule has 0 aromatic carbocycles. The van der Waals surface area contributed by atoms with Crippen LogP contribution in [0.4, 0.5) is 0 Å². The van der Waals surface area contributed by atoms with E-state index < -0.39 is 11.3 Å². The van der Waals surface area contributed by atoms with Crippen LogP contribution < -0.4 is 24.8 Å². The van der Waals surface area contributed by atoms with E-state index >= 15 is 0 Å². The summed E-state index contributed by atoms with van der Waals surface area (Å²) >= 11 is 0. The first-order valence-corrected chi connectivity index (χ1v) is 7.80. The molecule has 1 N–H and O–H groups in total. The van der Waals surface area contributed by atoms with Crippen LogP contribution >= 0.6 is 0 Å². The van der Waals surface area contributed by atoms with Crippen molar-refractivity contribution in [1.82, 2.24) is 0 Å². The van der Waals surface area contributed by atoms with E-state index in [-0.39, 0.29) is 46.5 Å². The molecule has 0 aromatic rings. The van der Waals surface area contributed by atoms with E-state index in [0.29, 0.717) is 0 Å². The van der Waals surface area contributed by atoms with Crippen molar-refractivity contribution < 1.29 is 51.3 Å². The minimum atomic E-state index is -0.507. The van der Waals surface area contributed by atoms with Gasteiger partial charge in [-0.25, -0.2) is 11.6 Å². The van der Waals surface area contributed by atoms with Gasteiger partial charge in [0.25, 0.3) is 0 Å². The molecule has 0 fully saturated rings. The minimum Gasteiger partial charge on any atom is -1.00 e. The fourth-order valence-electron chi connectivity index (χ4n) is 0.499. The van der Waals surface area contributed by atoms with Crippen molar-refractivity contribution in [3.63, 3.8) is 0 Å². The van der Waals surface area contributed by atoms with Gasteiger partial charge in [-0.1, -0.05) is 33.9 Å². The van der Waals surface area contributed by atoms with E-state index in [1.807, 2.05) is 6.08 Å². The van der Waals surface area contributed by atoms with Crippen LogP contribution in [-0.4, -0.2) is 15.4 Å². The molecule has 6 heteroatoms. The number of rotatable bonds is 0. The third-order valence-electron chi connectivity index (χ3n) is 1.55. The van der Waals surface area contributed by atoms with Gasteiger partial charge in [0.05, 0.1) is 5.91 Å². The number of amides is 1. The zero-order valence-corrected chi connectivity index (χ0v) is 16.8. The van der Waals surface area contributed by atoms with E-state index in [1.54, 1.807) is 20.8 Å². The van der Waals surface area contributed by atoms with Crippen LogP contribution in [-0.2, 0) is 26.5 Å². The van der Waals surface area contributed by atoms with Crippen LogP contribution in [0.3, 0.4) is 0 Å². The van der Waals surface area contributed by atoms with Crippen LogP contribution in [0.15, 0.2) is 17.7 Å². The molecule has 0 heterocycles. The average molecular weight is 357 g/mol. The van der Waals surface area contributed by atoms with E-state index in [1.165, 1.54) is 5.57 Å². The second-order valence-electron chi connectivity index (χ2n) is 4.66. The van der Waals surface area contributed by atoms with Crippen LogP contribution in [0, 0.1) is 11.5 Å². The molecule has 0 unspecified atom stereocenters. The third-order valence-corrected chi connectivity index (χ3v) is 1.55. The smallest absolute Gasteiger partial charge is 1.00 e. The molecule has 2 nitrogen and oxygen atoms in total. The summed E-state index contributed by atoms with van der Waals surface area (Å²) in [5.41, 5.74) is 7.46. The second-order valence-corrected chi connectivity index (χ2v) is 5.81. The summed E-state index contributed by atoms with van der Waals surface area (Å²) in [5, 5.41) is 0. The predicted octanol–water partition coefficient (Wildman–Crippen LogP) is -2.17. The van der Waals surface area contributed by atoms with Crippen LogP contribution in [0.1, 0.15) is 34.1 Å². The van der Waals surface area contributed by atoms with Crippen molar-refractivity contribution in [2.45, 2.75) is 47.2 Å². The first-order valence-electron chi connectivity index (χ1n) is 5.49. The zero-order valence-electron chi connectivity index (χ0n) is 12.6. The summed E-state index contributed by atoms with van der Waals surface area (Å²) in [7, 11) is 0.750. The number of hydrogen-bond donors (Lipinski definition) is 0. The molecule has 109 valence electrons. The van der Waals surface area contributed by atoms with E-state index in [2.05, 4.69) is 32.2 Å². The normalized spacial score (nSPS) is 10.9. The molecule has 19 heavy (non-hydrogen) atoms. The number of carbonyl (C=O) groups is 1. The summed E-state index contributed by atoms with van der Waals surface area (Å²) in [6, 6.07) is 0. The van der Waals surface area contributed by atoms with Gasteiger partial charge in [0.1, 0.15) is 0 Å². The number of halogens is 2. The maximum Gasteiger partial charge on any atom is 4.00 e. The standard InChI is InChI=1S/C6H7.C5H11NO.C2H7Si.2ClH.Ti/c1-6-4-2-3-5-6;1-5(2,3)4(6)7;1-3-2;;;/h4-5H,2H2,1H3;1-3H3,(H2,6,7);3H,1-2H3;2*1H;/q-1;;;;;+4/p-3. The second kappa shape index (κ2) is 18.5. The Labute approximate surface area is 148 Å². The van der Waals surface area contributed by atoms with Crippen LogP contribution in [0.5, 0.6) is 0 Å². The predicted molar refractivity (Wildman–Crippen MR) is 73.8 cm³/mol. The van der Waals surface area contributed by atoms with Crippen molar-refractivity contribution in [1.29, 1.82) is 0 Å². The summed E-state index contributed by atoms with van der Waals surface area (Å²) < 4.78 is 0. The Morgan fingerprint density at radius 1 is 1.32 bits per heavy atom. The van der Waals surface area contributed by atoms with Crippen molar-refractivity contribution in [3.05, 3.63) is 29.5 Å². The van der Waals surface area contributed by atoms with E-state index in [9.17, 15) is 4.79 Å². The van der Waals surface area contributed by atoms with Gasteiger partial charge in [0, 0.05) is 14.9 Å². The first-order chi connectivity index (χ1) is 7.25. The fourth-order valence-corrected chi connectivity index (χ4v) is 0.499.